The average Bonchev–Trinajstić information content (AvgIpc) is 2.64. The van der Waals surface area contributed by atoms with Gasteiger partial charge in [0.1, 0.15) is 5.75 Å². The van der Waals surface area contributed by atoms with Crippen LogP contribution in [0, 0.1) is 5.92 Å². The number of hydrogen-bond acceptors (Lipinski definition) is 4. The summed E-state index contributed by atoms with van der Waals surface area (Å²) in [5, 5.41) is 0.387. The number of primary amides is 1. The molecule has 3 rings (SSSR count). The minimum Gasteiger partial charge on any atom is -0.421 e. The van der Waals surface area contributed by atoms with Gasteiger partial charge in [-0.15, -0.1) is 0 Å². The molecule has 1 aliphatic rings. The Morgan fingerprint density at radius 1 is 1.12 bits per heavy atom. The van der Waals surface area contributed by atoms with Gasteiger partial charge in [0.15, 0.2) is 0 Å². The van der Waals surface area contributed by atoms with Crippen LogP contribution in [0.25, 0.3) is 0 Å². The minimum atomic E-state index is -0.465. The summed E-state index contributed by atoms with van der Waals surface area (Å²) in [6.07, 6.45) is 1.75. The molecule has 0 aliphatic carbocycles. The van der Waals surface area contributed by atoms with Crippen LogP contribution in [0.4, 0.5) is 5.69 Å². The number of nitrogens with two attached hydrogens (primary N) is 1. The standard InChI is InChI=1S/C19H19ClN2O3/c20-16-5-1-2-6-17(16)25-19(24)13-7-9-15(10-8-13)22-11-3-4-14(12-22)18(21)23/h1-2,5-10,14H,3-4,11-12H2,(H2,21,23)/t14-/m1/s1. The van der Waals surface area contributed by atoms with Crippen LogP contribution >= 0.6 is 11.6 Å². The van der Waals surface area contributed by atoms with Gasteiger partial charge in [0.2, 0.25) is 5.91 Å². The Hall–Kier alpha value is -2.53. The van der Waals surface area contributed by atoms with Crippen molar-refractivity contribution < 1.29 is 14.3 Å². The summed E-state index contributed by atoms with van der Waals surface area (Å²) in [7, 11) is 0. The van der Waals surface area contributed by atoms with Crippen LogP contribution in [0.15, 0.2) is 48.5 Å². The zero-order valence-corrected chi connectivity index (χ0v) is 14.4. The van der Waals surface area contributed by atoms with Crippen LogP contribution in [0.3, 0.4) is 0 Å². The summed E-state index contributed by atoms with van der Waals surface area (Å²) in [6, 6.07) is 14.0. The van der Waals surface area contributed by atoms with Crippen molar-refractivity contribution in [1.82, 2.24) is 0 Å². The maximum absolute atomic E-state index is 12.2. The molecule has 6 heteroatoms. The smallest absolute Gasteiger partial charge is 0.343 e. The first-order valence-corrected chi connectivity index (χ1v) is 8.53. The van der Waals surface area contributed by atoms with Crippen LogP contribution < -0.4 is 15.4 Å². The molecule has 0 spiro atoms. The van der Waals surface area contributed by atoms with Crippen molar-refractivity contribution in [2.45, 2.75) is 12.8 Å². The van der Waals surface area contributed by atoms with Crippen LogP contribution in [0.2, 0.25) is 5.02 Å². The Kier molecular flexibility index (Phi) is 5.24. The van der Waals surface area contributed by atoms with E-state index in [1.54, 1.807) is 36.4 Å². The lowest BCUT2D eigenvalue weighted by molar-refractivity contribution is -0.122. The Morgan fingerprint density at radius 3 is 2.52 bits per heavy atom. The molecule has 5 nitrogen and oxygen atoms in total. The van der Waals surface area contributed by atoms with Gasteiger partial charge in [0, 0.05) is 18.8 Å². The van der Waals surface area contributed by atoms with Gasteiger partial charge in [-0.25, -0.2) is 4.79 Å². The fraction of sp³-hybridized carbons (Fsp3) is 0.263. The fourth-order valence-corrected chi connectivity index (χ4v) is 3.11. The van der Waals surface area contributed by atoms with E-state index >= 15 is 0 Å². The van der Waals surface area contributed by atoms with Crippen molar-refractivity contribution in [2.24, 2.45) is 11.7 Å². The molecule has 1 amide bonds. The molecule has 0 bridgehead atoms. The summed E-state index contributed by atoms with van der Waals surface area (Å²) in [6.45, 7) is 1.48. The van der Waals surface area contributed by atoms with E-state index < -0.39 is 5.97 Å². The first-order chi connectivity index (χ1) is 12.0. The van der Waals surface area contributed by atoms with Gasteiger partial charge in [-0.1, -0.05) is 23.7 Å². The number of anilines is 1. The number of nitrogens with zero attached hydrogens (tertiary/aromatic N) is 1. The van der Waals surface area contributed by atoms with Gasteiger partial charge in [0.05, 0.1) is 16.5 Å². The molecule has 1 atom stereocenters. The van der Waals surface area contributed by atoms with E-state index in [-0.39, 0.29) is 11.8 Å². The monoisotopic (exact) mass is 358 g/mol. The molecule has 2 aromatic rings. The molecular weight excluding hydrogens is 340 g/mol. The maximum atomic E-state index is 12.2. The summed E-state index contributed by atoms with van der Waals surface area (Å²) in [5.74, 6) is -0.518. The third-order valence-electron chi connectivity index (χ3n) is 4.33. The van der Waals surface area contributed by atoms with Crippen molar-refractivity contribution >= 4 is 29.2 Å². The molecule has 1 heterocycles. The van der Waals surface area contributed by atoms with Gasteiger partial charge >= 0.3 is 5.97 Å². The van der Waals surface area contributed by atoms with Gasteiger partial charge in [0.25, 0.3) is 0 Å². The Balaban J connectivity index is 1.68. The third-order valence-corrected chi connectivity index (χ3v) is 4.64. The molecule has 0 unspecified atom stereocenters. The number of ether oxygens (including phenoxy) is 1. The Labute approximate surface area is 151 Å². The Bertz CT molecular complexity index is 776. The predicted octanol–water partition coefficient (Wildman–Crippen LogP) is 3.26. The molecule has 1 fully saturated rings. The van der Waals surface area contributed by atoms with E-state index in [1.165, 1.54) is 0 Å². The number of benzene rings is 2. The SMILES string of the molecule is NC(=O)[C@@H]1CCCN(c2ccc(C(=O)Oc3ccccc3Cl)cc2)C1. The average molecular weight is 359 g/mol. The highest BCUT2D eigenvalue weighted by Crippen LogP contribution is 2.26. The minimum absolute atomic E-state index is 0.126. The number of para-hydroxylation sites is 1. The number of hydrogen-bond donors (Lipinski definition) is 1. The van der Waals surface area contributed by atoms with Crippen molar-refractivity contribution in [3.63, 3.8) is 0 Å². The quantitative estimate of drug-likeness (QED) is 0.672. The van der Waals surface area contributed by atoms with Crippen LogP contribution in [0.5, 0.6) is 5.75 Å². The Morgan fingerprint density at radius 2 is 1.84 bits per heavy atom. The van der Waals surface area contributed by atoms with Crippen molar-refractivity contribution in [3.05, 3.63) is 59.1 Å². The first kappa shape index (κ1) is 17.3. The molecule has 130 valence electrons. The van der Waals surface area contributed by atoms with E-state index in [2.05, 4.69) is 4.90 Å². The van der Waals surface area contributed by atoms with Crippen LogP contribution in [0.1, 0.15) is 23.2 Å². The second-order valence-electron chi connectivity index (χ2n) is 6.05. The predicted molar refractivity (Wildman–Crippen MR) is 97.0 cm³/mol. The molecule has 25 heavy (non-hydrogen) atoms. The number of amides is 1. The summed E-state index contributed by atoms with van der Waals surface area (Å²) >= 11 is 6.00. The third kappa shape index (κ3) is 4.12. The highest BCUT2D eigenvalue weighted by atomic mass is 35.5. The number of halogens is 1. The number of carbonyl (C=O) groups excluding carboxylic acids is 2. The van der Waals surface area contributed by atoms with E-state index in [0.717, 1.165) is 25.1 Å². The second kappa shape index (κ2) is 7.57. The summed E-state index contributed by atoms with van der Waals surface area (Å²) < 4.78 is 5.32. The van der Waals surface area contributed by atoms with Gasteiger partial charge in [-0.2, -0.15) is 0 Å². The lowest BCUT2D eigenvalue weighted by Crippen LogP contribution is -2.41. The van der Waals surface area contributed by atoms with Crippen molar-refractivity contribution in [3.8, 4) is 5.75 Å². The lowest BCUT2D eigenvalue weighted by atomic mass is 9.97. The second-order valence-corrected chi connectivity index (χ2v) is 6.46. The topological polar surface area (TPSA) is 72.6 Å². The molecule has 0 saturated carbocycles. The number of piperidine rings is 1. The normalized spacial score (nSPS) is 17.2. The fourth-order valence-electron chi connectivity index (χ4n) is 2.94. The van der Waals surface area contributed by atoms with E-state index in [9.17, 15) is 9.59 Å². The first-order valence-electron chi connectivity index (χ1n) is 8.15. The van der Waals surface area contributed by atoms with Gasteiger partial charge in [-0.05, 0) is 49.2 Å². The molecule has 0 radical (unpaired) electrons. The van der Waals surface area contributed by atoms with Crippen LogP contribution in [-0.4, -0.2) is 25.0 Å². The number of rotatable bonds is 4. The molecule has 2 N–H and O–H groups in total. The number of esters is 1. The van der Waals surface area contributed by atoms with Crippen LogP contribution in [-0.2, 0) is 4.79 Å². The van der Waals surface area contributed by atoms with Gasteiger partial charge in [-0.3, -0.25) is 4.79 Å². The molecular formula is C19H19ClN2O3. The number of carbonyl (C=O) groups is 2. The maximum Gasteiger partial charge on any atom is 0.343 e. The van der Waals surface area contributed by atoms with E-state index in [1.807, 2.05) is 12.1 Å². The van der Waals surface area contributed by atoms with Crippen molar-refractivity contribution in [1.29, 1.82) is 0 Å². The lowest BCUT2D eigenvalue weighted by Gasteiger charge is -2.33. The zero-order valence-electron chi connectivity index (χ0n) is 13.7. The largest absolute Gasteiger partial charge is 0.421 e. The molecule has 0 aromatic heterocycles. The van der Waals surface area contributed by atoms with E-state index in [0.29, 0.717) is 22.9 Å². The summed E-state index contributed by atoms with van der Waals surface area (Å²) in [4.78, 5) is 25.8. The highest BCUT2D eigenvalue weighted by Gasteiger charge is 2.24. The molecule has 1 saturated heterocycles. The highest BCUT2D eigenvalue weighted by molar-refractivity contribution is 6.32. The molecule has 2 aromatic carbocycles. The molecule has 1 aliphatic heterocycles. The van der Waals surface area contributed by atoms with Crippen molar-refractivity contribution in [2.75, 3.05) is 18.0 Å². The van der Waals surface area contributed by atoms with Gasteiger partial charge < -0.3 is 15.4 Å². The van der Waals surface area contributed by atoms with E-state index in [4.69, 9.17) is 22.1 Å². The summed E-state index contributed by atoms with van der Waals surface area (Å²) in [5.41, 5.74) is 6.81. The zero-order chi connectivity index (χ0) is 17.8.